The fourth-order valence-corrected chi connectivity index (χ4v) is 1.77. The number of carboxylic acids is 1. The minimum absolute atomic E-state index is 0.304. The van der Waals surface area contributed by atoms with Crippen LogP contribution in [0, 0.1) is 0 Å². The van der Waals surface area contributed by atoms with Crippen molar-refractivity contribution in [3.63, 3.8) is 0 Å². The van der Waals surface area contributed by atoms with Crippen molar-refractivity contribution < 1.29 is 14.7 Å². The number of nitrogens with one attached hydrogen (secondary N) is 2. The molecule has 0 radical (unpaired) electrons. The molecular weight excluding hydrogens is 210 g/mol. The number of amides is 2. The van der Waals surface area contributed by atoms with Crippen molar-refractivity contribution in [3.8, 4) is 0 Å². The molecule has 1 fully saturated rings. The first-order valence-corrected chi connectivity index (χ1v) is 5.57. The largest absolute Gasteiger partial charge is 0.480 e. The molecule has 3 N–H and O–H groups in total. The van der Waals surface area contributed by atoms with Crippen LogP contribution in [0.5, 0.6) is 0 Å². The Morgan fingerprint density at radius 3 is 2.50 bits per heavy atom. The highest BCUT2D eigenvalue weighted by molar-refractivity contribution is 5.79. The van der Waals surface area contributed by atoms with Gasteiger partial charge in [-0.1, -0.05) is 0 Å². The number of aliphatic carboxylic acids is 1. The summed E-state index contributed by atoms with van der Waals surface area (Å²) in [5.74, 6) is -1.04. The van der Waals surface area contributed by atoms with Crippen LogP contribution < -0.4 is 10.6 Å². The fraction of sp³-hybridized carbons (Fsp3) is 0.800. The van der Waals surface area contributed by atoms with Crippen LogP contribution in [0.1, 0.15) is 19.8 Å². The van der Waals surface area contributed by atoms with E-state index in [1.807, 2.05) is 0 Å². The molecule has 92 valence electrons. The van der Waals surface area contributed by atoms with Gasteiger partial charge in [-0.25, -0.2) is 4.79 Å². The lowest BCUT2D eigenvalue weighted by Crippen LogP contribution is -2.45. The van der Waals surface area contributed by atoms with Crippen LogP contribution in [0.3, 0.4) is 0 Å². The van der Waals surface area contributed by atoms with Gasteiger partial charge in [-0.2, -0.15) is 0 Å². The summed E-state index contributed by atoms with van der Waals surface area (Å²) in [6.45, 7) is 4.43. The van der Waals surface area contributed by atoms with Gasteiger partial charge in [0, 0.05) is 12.6 Å². The molecule has 6 nitrogen and oxygen atoms in total. The van der Waals surface area contributed by atoms with Crippen LogP contribution >= 0.6 is 0 Å². The Morgan fingerprint density at radius 1 is 1.31 bits per heavy atom. The molecule has 0 aromatic carbocycles. The molecule has 1 rings (SSSR count). The van der Waals surface area contributed by atoms with Crippen molar-refractivity contribution in [2.75, 3.05) is 26.2 Å². The van der Waals surface area contributed by atoms with E-state index in [1.54, 1.807) is 0 Å². The van der Waals surface area contributed by atoms with Crippen LogP contribution in [0.15, 0.2) is 0 Å². The van der Waals surface area contributed by atoms with Gasteiger partial charge in [-0.3, -0.25) is 9.69 Å². The summed E-state index contributed by atoms with van der Waals surface area (Å²) in [5, 5.41) is 13.3. The Labute approximate surface area is 95.0 Å². The molecule has 2 amide bonds. The highest BCUT2D eigenvalue weighted by Crippen LogP contribution is 2.10. The molecule has 0 spiro atoms. The molecular formula is C10H19N3O3. The summed E-state index contributed by atoms with van der Waals surface area (Å²) < 4.78 is 0. The maximum Gasteiger partial charge on any atom is 0.323 e. The lowest BCUT2D eigenvalue weighted by atomic mass is 10.3. The van der Waals surface area contributed by atoms with Crippen LogP contribution in [-0.2, 0) is 4.79 Å². The molecule has 0 aromatic heterocycles. The van der Waals surface area contributed by atoms with Gasteiger partial charge in [0.1, 0.15) is 6.54 Å². The quantitative estimate of drug-likeness (QED) is 0.612. The summed E-state index contributed by atoms with van der Waals surface area (Å²) in [6.07, 6.45) is 2.44. The highest BCUT2D eigenvalue weighted by Gasteiger charge is 2.18. The lowest BCUT2D eigenvalue weighted by molar-refractivity contribution is -0.135. The maximum atomic E-state index is 11.2. The molecule has 0 aliphatic carbocycles. The number of hydrogen-bond donors (Lipinski definition) is 3. The van der Waals surface area contributed by atoms with Crippen molar-refractivity contribution in [2.45, 2.75) is 25.8 Å². The molecule has 1 unspecified atom stereocenters. The number of likely N-dealkylation sites (tertiary alicyclic amines) is 1. The number of nitrogens with zero attached hydrogens (tertiary/aromatic N) is 1. The van der Waals surface area contributed by atoms with Crippen molar-refractivity contribution >= 4 is 12.0 Å². The van der Waals surface area contributed by atoms with E-state index in [2.05, 4.69) is 22.5 Å². The summed E-state index contributed by atoms with van der Waals surface area (Å²) in [5.41, 5.74) is 0. The van der Waals surface area contributed by atoms with Gasteiger partial charge in [0.25, 0.3) is 0 Å². The molecule has 1 heterocycles. The fourth-order valence-electron chi connectivity index (χ4n) is 1.77. The lowest BCUT2D eigenvalue weighted by Gasteiger charge is -2.23. The summed E-state index contributed by atoms with van der Waals surface area (Å²) >= 11 is 0. The summed E-state index contributed by atoms with van der Waals surface area (Å²) in [6, 6.07) is -0.119. The zero-order valence-electron chi connectivity index (χ0n) is 9.53. The molecule has 1 atom stereocenters. The molecule has 16 heavy (non-hydrogen) atoms. The topological polar surface area (TPSA) is 81.7 Å². The van der Waals surface area contributed by atoms with Gasteiger partial charge < -0.3 is 15.7 Å². The Balaban J connectivity index is 2.12. The minimum Gasteiger partial charge on any atom is -0.480 e. The third-order valence-corrected chi connectivity index (χ3v) is 2.72. The van der Waals surface area contributed by atoms with Gasteiger partial charge >= 0.3 is 12.0 Å². The van der Waals surface area contributed by atoms with Gasteiger partial charge in [0.15, 0.2) is 0 Å². The molecule has 1 saturated heterocycles. The zero-order chi connectivity index (χ0) is 12.0. The van der Waals surface area contributed by atoms with Gasteiger partial charge in [0.2, 0.25) is 0 Å². The van der Waals surface area contributed by atoms with E-state index in [-0.39, 0.29) is 6.54 Å². The molecule has 6 heteroatoms. The predicted molar refractivity (Wildman–Crippen MR) is 59.3 cm³/mol. The Kier molecular flexibility index (Phi) is 5.04. The van der Waals surface area contributed by atoms with E-state index in [1.165, 1.54) is 12.8 Å². The first-order valence-electron chi connectivity index (χ1n) is 5.57. The van der Waals surface area contributed by atoms with Crippen molar-refractivity contribution in [1.29, 1.82) is 0 Å². The molecule has 0 bridgehead atoms. The van der Waals surface area contributed by atoms with E-state index in [4.69, 9.17) is 5.11 Å². The second kappa shape index (κ2) is 6.32. The number of urea groups is 1. The number of rotatable bonds is 5. The molecule has 0 aromatic rings. The number of hydrogen-bond acceptors (Lipinski definition) is 3. The van der Waals surface area contributed by atoms with Crippen LogP contribution in [0.4, 0.5) is 4.79 Å². The number of carboxylic acid groups (broad SMARTS) is 1. The van der Waals surface area contributed by atoms with Crippen LogP contribution in [0.2, 0.25) is 0 Å². The summed E-state index contributed by atoms with van der Waals surface area (Å²) in [4.78, 5) is 23.7. The van der Waals surface area contributed by atoms with E-state index in [0.29, 0.717) is 12.6 Å². The first-order chi connectivity index (χ1) is 7.59. The predicted octanol–water partition coefficient (Wildman–Crippen LogP) is -0.145. The van der Waals surface area contributed by atoms with Gasteiger partial charge in [-0.05, 0) is 32.9 Å². The van der Waals surface area contributed by atoms with Crippen molar-refractivity contribution in [1.82, 2.24) is 15.5 Å². The van der Waals surface area contributed by atoms with Gasteiger partial charge in [-0.15, -0.1) is 0 Å². The van der Waals surface area contributed by atoms with Crippen LogP contribution in [0.25, 0.3) is 0 Å². The maximum absolute atomic E-state index is 11.2. The standard InChI is InChI=1S/C10H19N3O3/c1-8(13-4-2-3-5-13)6-11-10(16)12-7-9(14)15/h8H,2-7H2,1H3,(H,14,15)(H2,11,12,16). The number of carbonyl (C=O) groups is 2. The normalized spacial score (nSPS) is 18.1. The van der Waals surface area contributed by atoms with E-state index in [9.17, 15) is 9.59 Å². The number of carbonyl (C=O) groups excluding carboxylic acids is 1. The second-order valence-electron chi connectivity index (χ2n) is 4.05. The molecule has 1 aliphatic rings. The Bertz CT molecular complexity index is 252. The molecule has 1 aliphatic heterocycles. The first kappa shape index (κ1) is 12.8. The van der Waals surface area contributed by atoms with Gasteiger partial charge in [0.05, 0.1) is 0 Å². The Morgan fingerprint density at radius 2 is 1.94 bits per heavy atom. The smallest absolute Gasteiger partial charge is 0.323 e. The third kappa shape index (κ3) is 4.48. The minimum atomic E-state index is -1.04. The average Bonchev–Trinajstić information content (AvgIpc) is 2.76. The van der Waals surface area contributed by atoms with E-state index >= 15 is 0 Å². The highest BCUT2D eigenvalue weighted by atomic mass is 16.4. The second-order valence-corrected chi connectivity index (χ2v) is 4.05. The van der Waals surface area contributed by atoms with Crippen molar-refractivity contribution in [3.05, 3.63) is 0 Å². The van der Waals surface area contributed by atoms with Crippen LogP contribution in [-0.4, -0.2) is 54.2 Å². The third-order valence-electron chi connectivity index (χ3n) is 2.72. The van der Waals surface area contributed by atoms with E-state index < -0.39 is 12.0 Å². The SMILES string of the molecule is CC(CNC(=O)NCC(=O)O)N1CCCC1. The summed E-state index contributed by atoms with van der Waals surface area (Å²) in [7, 11) is 0. The average molecular weight is 229 g/mol. The molecule has 0 saturated carbocycles. The zero-order valence-corrected chi connectivity index (χ0v) is 9.53. The monoisotopic (exact) mass is 229 g/mol. The van der Waals surface area contributed by atoms with Crippen molar-refractivity contribution in [2.24, 2.45) is 0 Å². The van der Waals surface area contributed by atoms with E-state index in [0.717, 1.165) is 13.1 Å². The Hall–Kier alpha value is -1.30.